The molecule has 0 aromatic carbocycles. The van der Waals surface area contributed by atoms with Gasteiger partial charge in [0.05, 0.1) is 18.8 Å². The van der Waals surface area contributed by atoms with Crippen LogP contribution in [-0.4, -0.2) is 37.1 Å². The van der Waals surface area contributed by atoms with Crippen molar-refractivity contribution in [2.24, 2.45) is 0 Å². The van der Waals surface area contributed by atoms with Crippen molar-refractivity contribution in [3.8, 4) is 0 Å². The summed E-state index contributed by atoms with van der Waals surface area (Å²) >= 11 is 1.69. The molecule has 16 heavy (non-hydrogen) atoms. The molecular weight excluding hydrogens is 222 g/mol. The number of hydrogen-bond donors (Lipinski definition) is 0. The number of thiophene rings is 1. The lowest BCUT2D eigenvalue weighted by atomic mass is 10.2. The predicted octanol–water partition coefficient (Wildman–Crippen LogP) is 2.17. The number of carbonyl (C=O) groups excluding carboxylic acids is 1. The number of ether oxygens (including phenoxy) is 1. The maximum atomic E-state index is 12.1. The minimum atomic E-state index is 0.155. The molecule has 0 N–H and O–H groups in total. The summed E-state index contributed by atoms with van der Waals surface area (Å²) in [7, 11) is 0. The summed E-state index contributed by atoms with van der Waals surface area (Å²) in [6.45, 7) is 4.92. The number of aryl methyl sites for hydroxylation is 1. The number of nitrogens with zero attached hydrogens (tertiary/aromatic N) is 1. The van der Waals surface area contributed by atoms with Gasteiger partial charge in [0.25, 0.3) is 5.91 Å². The van der Waals surface area contributed by atoms with Gasteiger partial charge in [-0.2, -0.15) is 0 Å². The highest BCUT2D eigenvalue weighted by Gasteiger charge is 2.19. The van der Waals surface area contributed by atoms with Crippen LogP contribution in [0.15, 0.2) is 11.4 Å². The Morgan fingerprint density at radius 2 is 2.25 bits per heavy atom. The van der Waals surface area contributed by atoms with Crippen LogP contribution < -0.4 is 0 Å². The first kappa shape index (κ1) is 11.6. The van der Waals surface area contributed by atoms with Crippen molar-refractivity contribution in [1.82, 2.24) is 4.90 Å². The van der Waals surface area contributed by atoms with Gasteiger partial charge in [-0.3, -0.25) is 4.79 Å². The molecule has 88 valence electrons. The number of carbonyl (C=O) groups is 1. The second kappa shape index (κ2) is 5.46. The molecule has 0 saturated carbocycles. The molecule has 3 nitrogen and oxygen atoms in total. The van der Waals surface area contributed by atoms with Crippen LogP contribution in [0.5, 0.6) is 0 Å². The van der Waals surface area contributed by atoms with Gasteiger partial charge in [0.1, 0.15) is 0 Å². The quantitative estimate of drug-likeness (QED) is 0.809. The molecule has 0 spiro atoms. The van der Waals surface area contributed by atoms with Gasteiger partial charge >= 0.3 is 0 Å². The average molecular weight is 239 g/mol. The van der Waals surface area contributed by atoms with Crippen LogP contribution in [0.4, 0.5) is 0 Å². The summed E-state index contributed by atoms with van der Waals surface area (Å²) in [5, 5.41) is 1.97. The monoisotopic (exact) mass is 239 g/mol. The standard InChI is InChI=1S/C12H17NO2S/c1-2-3-11-8-10(9-16-11)12(14)13-4-6-15-7-5-13/h8-9H,2-7H2,1H3. The Hall–Kier alpha value is -0.870. The Balaban J connectivity index is 2.01. The second-order valence-electron chi connectivity index (χ2n) is 3.96. The lowest BCUT2D eigenvalue weighted by molar-refractivity contribution is 0.0303. The number of hydrogen-bond acceptors (Lipinski definition) is 3. The third kappa shape index (κ3) is 2.62. The van der Waals surface area contributed by atoms with E-state index in [-0.39, 0.29) is 5.91 Å². The zero-order chi connectivity index (χ0) is 11.4. The van der Waals surface area contributed by atoms with Crippen molar-refractivity contribution in [2.75, 3.05) is 26.3 Å². The van der Waals surface area contributed by atoms with Crippen LogP contribution in [-0.2, 0) is 11.2 Å². The largest absolute Gasteiger partial charge is 0.378 e. The highest BCUT2D eigenvalue weighted by atomic mass is 32.1. The van der Waals surface area contributed by atoms with Gasteiger partial charge in [-0.15, -0.1) is 11.3 Å². The fraction of sp³-hybridized carbons (Fsp3) is 0.583. The van der Waals surface area contributed by atoms with E-state index >= 15 is 0 Å². The molecule has 1 aromatic heterocycles. The van der Waals surface area contributed by atoms with Crippen molar-refractivity contribution >= 4 is 17.2 Å². The van der Waals surface area contributed by atoms with Crippen molar-refractivity contribution in [3.63, 3.8) is 0 Å². The summed E-state index contributed by atoms with van der Waals surface area (Å²) < 4.78 is 5.24. The molecule has 1 fully saturated rings. The second-order valence-corrected chi connectivity index (χ2v) is 4.95. The molecule has 2 heterocycles. The molecule has 1 saturated heterocycles. The minimum absolute atomic E-state index is 0.155. The number of amides is 1. The van der Waals surface area contributed by atoms with Crippen LogP contribution in [0.3, 0.4) is 0 Å². The van der Waals surface area contributed by atoms with Crippen LogP contribution in [0.1, 0.15) is 28.6 Å². The van der Waals surface area contributed by atoms with Crippen LogP contribution in [0.25, 0.3) is 0 Å². The zero-order valence-corrected chi connectivity index (χ0v) is 10.4. The first-order valence-electron chi connectivity index (χ1n) is 5.75. The van der Waals surface area contributed by atoms with E-state index in [1.807, 2.05) is 16.3 Å². The van der Waals surface area contributed by atoms with E-state index in [0.717, 1.165) is 31.5 Å². The topological polar surface area (TPSA) is 29.5 Å². The smallest absolute Gasteiger partial charge is 0.254 e. The lowest BCUT2D eigenvalue weighted by Crippen LogP contribution is -2.40. The molecule has 0 radical (unpaired) electrons. The Bertz CT molecular complexity index is 356. The van der Waals surface area contributed by atoms with E-state index in [9.17, 15) is 4.79 Å². The third-order valence-corrected chi connectivity index (χ3v) is 3.69. The van der Waals surface area contributed by atoms with Crippen LogP contribution in [0.2, 0.25) is 0 Å². The molecule has 2 rings (SSSR count). The van der Waals surface area contributed by atoms with Crippen molar-refractivity contribution in [1.29, 1.82) is 0 Å². The molecule has 0 aliphatic carbocycles. The first-order chi connectivity index (χ1) is 7.81. The molecule has 1 amide bonds. The Morgan fingerprint density at radius 1 is 1.50 bits per heavy atom. The summed E-state index contributed by atoms with van der Waals surface area (Å²) in [5.41, 5.74) is 0.843. The Kier molecular flexibility index (Phi) is 3.96. The predicted molar refractivity (Wildman–Crippen MR) is 65.0 cm³/mol. The summed E-state index contributed by atoms with van der Waals surface area (Å²) in [6.07, 6.45) is 2.20. The van der Waals surface area contributed by atoms with Gasteiger partial charge in [-0.05, 0) is 12.5 Å². The normalized spacial score (nSPS) is 16.4. The molecule has 1 aliphatic heterocycles. The summed E-state index contributed by atoms with van der Waals surface area (Å²) in [5.74, 6) is 0.155. The van der Waals surface area contributed by atoms with E-state index in [4.69, 9.17) is 4.74 Å². The van der Waals surface area contributed by atoms with Gasteiger partial charge in [0, 0.05) is 23.3 Å². The first-order valence-corrected chi connectivity index (χ1v) is 6.63. The molecule has 0 unspecified atom stereocenters. The molecule has 0 bridgehead atoms. The zero-order valence-electron chi connectivity index (χ0n) is 9.57. The minimum Gasteiger partial charge on any atom is -0.378 e. The molecule has 4 heteroatoms. The highest BCUT2D eigenvalue weighted by molar-refractivity contribution is 7.10. The van der Waals surface area contributed by atoms with E-state index in [0.29, 0.717) is 13.2 Å². The molecule has 1 aliphatic rings. The lowest BCUT2D eigenvalue weighted by Gasteiger charge is -2.26. The third-order valence-electron chi connectivity index (χ3n) is 2.70. The van der Waals surface area contributed by atoms with Gasteiger partial charge in [-0.25, -0.2) is 0 Å². The van der Waals surface area contributed by atoms with Crippen molar-refractivity contribution in [2.45, 2.75) is 19.8 Å². The molecule has 1 aromatic rings. The van der Waals surface area contributed by atoms with Crippen LogP contribution in [0, 0.1) is 0 Å². The summed E-state index contributed by atoms with van der Waals surface area (Å²) in [4.78, 5) is 15.3. The van der Waals surface area contributed by atoms with E-state index in [1.165, 1.54) is 4.88 Å². The number of morpholine rings is 1. The Labute approximate surface area is 100 Å². The maximum Gasteiger partial charge on any atom is 0.254 e. The fourth-order valence-electron chi connectivity index (χ4n) is 1.82. The molecular formula is C12H17NO2S. The fourth-order valence-corrected chi connectivity index (χ4v) is 2.78. The van der Waals surface area contributed by atoms with Gasteiger partial charge in [0.15, 0.2) is 0 Å². The average Bonchev–Trinajstić information content (AvgIpc) is 2.78. The number of rotatable bonds is 3. The SMILES string of the molecule is CCCc1cc(C(=O)N2CCOCC2)cs1. The van der Waals surface area contributed by atoms with Gasteiger partial charge in [0.2, 0.25) is 0 Å². The van der Waals surface area contributed by atoms with Crippen molar-refractivity contribution in [3.05, 3.63) is 21.9 Å². The van der Waals surface area contributed by atoms with E-state index in [1.54, 1.807) is 11.3 Å². The highest BCUT2D eigenvalue weighted by Crippen LogP contribution is 2.18. The maximum absolute atomic E-state index is 12.1. The summed E-state index contributed by atoms with van der Waals surface area (Å²) in [6, 6.07) is 2.03. The van der Waals surface area contributed by atoms with E-state index < -0.39 is 0 Å². The van der Waals surface area contributed by atoms with Gasteiger partial charge < -0.3 is 9.64 Å². The molecule has 0 atom stereocenters. The Morgan fingerprint density at radius 3 is 2.94 bits per heavy atom. The van der Waals surface area contributed by atoms with Crippen molar-refractivity contribution < 1.29 is 9.53 Å². The van der Waals surface area contributed by atoms with Crippen LogP contribution >= 0.6 is 11.3 Å². The van der Waals surface area contributed by atoms with E-state index in [2.05, 4.69) is 6.92 Å². The van der Waals surface area contributed by atoms with Gasteiger partial charge in [-0.1, -0.05) is 13.3 Å².